The van der Waals surface area contributed by atoms with E-state index in [1.165, 1.54) is 0 Å². The van der Waals surface area contributed by atoms with Crippen molar-refractivity contribution < 1.29 is 14.3 Å². The summed E-state index contributed by atoms with van der Waals surface area (Å²) in [4.78, 5) is 25.1. The van der Waals surface area contributed by atoms with Crippen LogP contribution in [0.15, 0.2) is 12.3 Å². The average Bonchev–Trinajstić information content (AvgIpc) is 3.09. The third kappa shape index (κ3) is 3.30. The molecule has 2 saturated heterocycles. The molecular formula is C15H22N4O3. The first kappa shape index (κ1) is 15.0. The monoisotopic (exact) mass is 306 g/mol. The van der Waals surface area contributed by atoms with E-state index in [9.17, 15) is 4.79 Å². The molecule has 0 aromatic carbocycles. The lowest BCUT2D eigenvalue weighted by Gasteiger charge is -2.35. The Morgan fingerprint density at radius 1 is 1.41 bits per heavy atom. The van der Waals surface area contributed by atoms with E-state index in [1.54, 1.807) is 12.3 Å². The molecule has 0 unspecified atom stereocenters. The fraction of sp³-hybridized carbons (Fsp3) is 0.667. The lowest BCUT2D eigenvalue weighted by atomic mass is 10.1. The Kier molecular flexibility index (Phi) is 4.72. The maximum absolute atomic E-state index is 12.4. The molecule has 2 aliphatic heterocycles. The summed E-state index contributed by atoms with van der Waals surface area (Å²) in [6.07, 6.45) is 2.55. The zero-order valence-corrected chi connectivity index (χ0v) is 12.9. The van der Waals surface area contributed by atoms with Crippen molar-refractivity contribution in [3.8, 4) is 5.88 Å². The summed E-state index contributed by atoms with van der Waals surface area (Å²) < 4.78 is 10.7. The molecule has 2 fully saturated rings. The van der Waals surface area contributed by atoms with Gasteiger partial charge in [-0.15, -0.1) is 0 Å². The lowest BCUT2D eigenvalue weighted by Crippen LogP contribution is -2.51. The van der Waals surface area contributed by atoms with Crippen LogP contribution in [0.4, 0.5) is 5.95 Å². The van der Waals surface area contributed by atoms with Gasteiger partial charge < -0.3 is 19.3 Å². The SMILES string of the molecule is CCOc1ccnc(N2CCN(C(=O)[C@H]3CCOC3)CC2)n1. The number of piperazine rings is 1. The van der Waals surface area contributed by atoms with Gasteiger partial charge in [0.1, 0.15) is 0 Å². The van der Waals surface area contributed by atoms with Gasteiger partial charge in [-0.2, -0.15) is 4.98 Å². The summed E-state index contributed by atoms with van der Waals surface area (Å²) in [6, 6.07) is 1.76. The maximum Gasteiger partial charge on any atom is 0.228 e. The molecule has 120 valence electrons. The third-order valence-electron chi connectivity index (χ3n) is 4.06. The Bertz CT molecular complexity index is 511. The van der Waals surface area contributed by atoms with Crippen molar-refractivity contribution in [2.75, 3.05) is 50.9 Å². The molecular weight excluding hydrogens is 284 g/mol. The maximum atomic E-state index is 12.4. The molecule has 7 heteroatoms. The van der Waals surface area contributed by atoms with Crippen LogP contribution in [0.2, 0.25) is 0 Å². The number of anilines is 1. The number of carbonyl (C=O) groups is 1. The molecule has 3 heterocycles. The second kappa shape index (κ2) is 6.91. The van der Waals surface area contributed by atoms with Crippen LogP contribution >= 0.6 is 0 Å². The number of carbonyl (C=O) groups excluding carboxylic acids is 1. The molecule has 0 aliphatic carbocycles. The number of rotatable bonds is 4. The van der Waals surface area contributed by atoms with Crippen molar-refractivity contribution in [1.29, 1.82) is 0 Å². The van der Waals surface area contributed by atoms with Gasteiger partial charge in [0.05, 0.1) is 19.1 Å². The molecule has 1 aromatic rings. The van der Waals surface area contributed by atoms with E-state index in [4.69, 9.17) is 9.47 Å². The van der Waals surface area contributed by atoms with Gasteiger partial charge in [-0.25, -0.2) is 4.98 Å². The van der Waals surface area contributed by atoms with Crippen molar-refractivity contribution >= 4 is 11.9 Å². The quantitative estimate of drug-likeness (QED) is 0.810. The Morgan fingerprint density at radius 2 is 2.23 bits per heavy atom. The van der Waals surface area contributed by atoms with Gasteiger partial charge in [-0.3, -0.25) is 4.79 Å². The summed E-state index contributed by atoms with van der Waals surface area (Å²) in [5, 5.41) is 0. The average molecular weight is 306 g/mol. The molecule has 1 amide bonds. The van der Waals surface area contributed by atoms with Crippen molar-refractivity contribution in [1.82, 2.24) is 14.9 Å². The van der Waals surface area contributed by atoms with E-state index in [2.05, 4.69) is 14.9 Å². The van der Waals surface area contributed by atoms with E-state index in [0.717, 1.165) is 19.5 Å². The van der Waals surface area contributed by atoms with E-state index >= 15 is 0 Å². The number of hydrogen-bond acceptors (Lipinski definition) is 6. The molecule has 0 saturated carbocycles. The molecule has 7 nitrogen and oxygen atoms in total. The molecule has 0 spiro atoms. The fourth-order valence-electron chi connectivity index (χ4n) is 2.83. The van der Waals surface area contributed by atoms with Gasteiger partial charge in [0, 0.05) is 45.0 Å². The van der Waals surface area contributed by atoms with Crippen LogP contribution in [0.25, 0.3) is 0 Å². The van der Waals surface area contributed by atoms with E-state index in [0.29, 0.717) is 44.7 Å². The van der Waals surface area contributed by atoms with Gasteiger partial charge in [-0.1, -0.05) is 0 Å². The summed E-state index contributed by atoms with van der Waals surface area (Å²) in [5.41, 5.74) is 0. The van der Waals surface area contributed by atoms with Crippen molar-refractivity contribution in [2.45, 2.75) is 13.3 Å². The summed E-state index contributed by atoms with van der Waals surface area (Å²) in [6.45, 7) is 6.69. The molecule has 1 atom stereocenters. The molecule has 0 N–H and O–H groups in total. The van der Waals surface area contributed by atoms with Crippen LogP contribution in [0, 0.1) is 5.92 Å². The van der Waals surface area contributed by atoms with Crippen LogP contribution in [0.3, 0.4) is 0 Å². The minimum Gasteiger partial charge on any atom is -0.478 e. The summed E-state index contributed by atoms with van der Waals surface area (Å²) in [5.74, 6) is 1.53. The van der Waals surface area contributed by atoms with Crippen molar-refractivity contribution in [3.05, 3.63) is 12.3 Å². The highest BCUT2D eigenvalue weighted by Gasteiger charge is 2.30. The van der Waals surface area contributed by atoms with Gasteiger partial charge in [0.2, 0.25) is 17.7 Å². The largest absolute Gasteiger partial charge is 0.478 e. The molecule has 3 rings (SSSR count). The topological polar surface area (TPSA) is 67.8 Å². The Morgan fingerprint density at radius 3 is 2.91 bits per heavy atom. The second-order valence-corrected chi connectivity index (χ2v) is 5.50. The number of amides is 1. The van der Waals surface area contributed by atoms with Crippen LogP contribution in [0.1, 0.15) is 13.3 Å². The zero-order valence-electron chi connectivity index (χ0n) is 12.9. The van der Waals surface area contributed by atoms with Crippen molar-refractivity contribution in [3.63, 3.8) is 0 Å². The first-order valence-electron chi connectivity index (χ1n) is 7.85. The first-order valence-corrected chi connectivity index (χ1v) is 7.85. The Hall–Kier alpha value is -1.89. The van der Waals surface area contributed by atoms with Crippen LogP contribution < -0.4 is 9.64 Å². The van der Waals surface area contributed by atoms with Gasteiger partial charge in [0.25, 0.3) is 0 Å². The standard InChI is InChI=1S/C15H22N4O3/c1-2-22-13-3-5-16-15(17-13)19-8-6-18(7-9-19)14(20)12-4-10-21-11-12/h3,5,12H,2,4,6-11H2,1H3/t12-/m0/s1. The number of nitrogens with zero attached hydrogens (tertiary/aromatic N) is 4. The van der Waals surface area contributed by atoms with Crippen molar-refractivity contribution in [2.24, 2.45) is 5.92 Å². The smallest absolute Gasteiger partial charge is 0.228 e. The van der Waals surface area contributed by atoms with Gasteiger partial charge in [-0.05, 0) is 13.3 Å². The molecule has 22 heavy (non-hydrogen) atoms. The highest BCUT2D eigenvalue weighted by Crippen LogP contribution is 2.19. The normalized spacial score (nSPS) is 22.0. The summed E-state index contributed by atoms with van der Waals surface area (Å²) in [7, 11) is 0. The third-order valence-corrected chi connectivity index (χ3v) is 4.06. The van der Waals surface area contributed by atoms with Gasteiger partial charge in [0.15, 0.2) is 0 Å². The second-order valence-electron chi connectivity index (χ2n) is 5.50. The van der Waals surface area contributed by atoms with E-state index in [-0.39, 0.29) is 11.8 Å². The molecule has 1 aromatic heterocycles. The van der Waals surface area contributed by atoms with Crippen LogP contribution in [-0.2, 0) is 9.53 Å². The van der Waals surface area contributed by atoms with Gasteiger partial charge >= 0.3 is 0 Å². The van der Waals surface area contributed by atoms with E-state index < -0.39 is 0 Å². The predicted octanol–water partition coefficient (Wildman–Crippen LogP) is 0.560. The molecule has 0 radical (unpaired) electrons. The minimum absolute atomic E-state index is 0.0454. The number of aromatic nitrogens is 2. The van der Waals surface area contributed by atoms with Crippen LogP contribution in [0.5, 0.6) is 5.88 Å². The number of hydrogen-bond donors (Lipinski definition) is 0. The molecule has 0 bridgehead atoms. The minimum atomic E-state index is 0.0454. The molecule has 2 aliphatic rings. The Labute approximate surface area is 130 Å². The summed E-state index contributed by atoms with van der Waals surface area (Å²) >= 11 is 0. The fourth-order valence-corrected chi connectivity index (χ4v) is 2.83. The zero-order chi connectivity index (χ0) is 15.4. The number of ether oxygens (including phenoxy) is 2. The highest BCUT2D eigenvalue weighted by molar-refractivity contribution is 5.79. The predicted molar refractivity (Wildman–Crippen MR) is 80.9 cm³/mol. The first-order chi connectivity index (χ1) is 10.8. The highest BCUT2D eigenvalue weighted by atomic mass is 16.5. The van der Waals surface area contributed by atoms with E-state index in [1.807, 2.05) is 11.8 Å². The lowest BCUT2D eigenvalue weighted by molar-refractivity contribution is -0.135. The van der Waals surface area contributed by atoms with Crippen LogP contribution in [-0.4, -0.2) is 66.8 Å². The Balaban J connectivity index is 1.57.